The molecule has 2 unspecified atom stereocenters. The smallest absolute Gasteiger partial charge is 0.0929 e. The first-order valence-electron chi connectivity index (χ1n) is 4.89. The van der Waals surface area contributed by atoms with E-state index in [0.717, 1.165) is 6.42 Å². The third-order valence-corrected chi connectivity index (χ3v) is 2.88. The van der Waals surface area contributed by atoms with E-state index in [0.29, 0.717) is 26.1 Å². The van der Waals surface area contributed by atoms with Gasteiger partial charge in [-0.3, -0.25) is 0 Å². The fourth-order valence-corrected chi connectivity index (χ4v) is 1.94. The predicted octanol–water partition coefficient (Wildman–Crippen LogP) is 1.34. The summed E-state index contributed by atoms with van der Waals surface area (Å²) >= 11 is 0. The summed E-state index contributed by atoms with van der Waals surface area (Å²) in [6.45, 7) is 5.17. The number of aliphatic hydroxyl groups is 1. The van der Waals surface area contributed by atoms with Crippen LogP contribution in [0.25, 0.3) is 0 Å². The maximum atomic E-state index is 10.1. The summed E-state index contributed by atoms with van der Waals surface area (Å²) in [7, 11) is 1.62. The van der Waals surface area contributed by atoms with E-state index in [9.17, 15) is 5.11 Å². The minimum Gasteiger partial charge on any atom is -0.387 e. The van der Waals surface area contributed by atoms with Gasteiger partial charge in [0.1, 0.15) is 0 Å². The molecule has 1 heterocycles. The van der Waals surface area contributed by atoms with E-state index in [1.807, 2.05) is 6.92 Å². The molecule has 1 aliphatic heterocycles. The topological polar surface area (TPSA) is 38.7 Å². The van der Waals surface area contributed by atoms with Crippen molar-refractivity contribution in [1.82, 2.24) is 0 Å². The molecule has 1 aliphatic rings. The Morgan fingerprint density at radius 2 is 2.23 bits per heavy atom. The summed E-state index contributed by atoms with van der Waals surface area (Å²) in [6.07, 6.45) is 2.28. The van der Waals surface area contributed by atoms with Crippen LogP contribution in [0, 0.1) is 0 Å². The molecule has 1 fully saturated rings. The average Bonchev–Trinajstić information content (AvgIpc) is 2.04. The van der Waals surface area contributed by atoms with Crippen molar-refractivity contribution in [3.8, 4) is 0 Å². The fraction of sp³-hybridized carbons (Fsp3) is 1.00. The van der Waals surface area contributed by atoms with Gasteiger partial charge in [-0.25, -0.2) is 0 Å². The monoisotopic (exact) mass is 188 g/mol. The van der Waals surface area contributed by atoms with E-state index in [2.05, 4.69) is 6.92 Å². The van der Waals surface area contributed by atoms with Gasteiger partial charge in [-0.1, -0.05) is 6.92 Å². The molecule has 0 aliphatic carbocycles. The fourth-order valence-electron chi connectivity index (χ4n) is 1.94. The molecule has 0 bridgehead atoms. The van der Waals surface area contributed by atoms with Gasteiger partial charge in [-0.05, 0) is 13.3 Å². The Balaban J connectivity index is 2.59. The molecule has 3 nitrogen and oxygen atoms in total. The van der Waals surface area contributed by atoms with Crippen LogP contribution < -0.4 is 0 Å². The van der Waals surface area contributed by atoms with Gasteiger partial charge in [0.05, 0.1) is 24.4 Å². The van der Waals surface area contributed by atoms with Crippen molar-refractivity contribution in [2.45, 2.75) is 44.3 Å². The number of ether oxygens (including phenoxy) is 2. The normalized spacial score (nSPS) is 40.6. The molecule has 0 saturated carbocycles. The van der Waals surface area contributed by atoms with E-state index < -0.39 is 5.60 Å². The molecule has 1 N–H and O–H groups in total. The van der Waals surface area contributed by atoms with Gasteiger partial charge in [0.15, 0.2) is 0 Å². The number of hydrogen-bond acceptors (Lipinski definition) is 3. The van der Waals surface area contributed by atoms with Crippen molar-refractivity contribution in [1.29, 1.82) is 0 Å². The highest BCUT2D eigenvalue weighted by molar-refractivity contribution is 4.92. The van der Waals surface area contributed by atoms with Gasteiger partial charge in [0.2, 0.25) is 0 Å². The van der Waals surface area contributed by atoms with Gasteiger partial charge >= 0.3 is 0 Å². The minimum absolute atomic E-state index is 0.175. The van der Waals surface area contributed by atoms with Crippen molar-refractivity contribution in [3.05, 3.63) is 0 Å². The molecule has 13 heavy (non-hydrogen) atoms. The molecule has 3 heteroatoms. The molecule has 0 aromatic rings. The first-order chi connectivity index (χ1) is 6.04. The molecule has 2 atom stereocenters. The van der Waals surface area contributed by atoms with Crippen LogP contribution in [-0.2, 0) is 9.47 Å². The maximum absolute atomic E-state index is 10.1. The van der Waals surface area contributed by atoms with Crippen molar-refractivity contribution < 1.29 is 14.6 Å². The van der Waals surface area contributed by atoms with E-state index in [1.54, 1.807) is 7.11 Å². The second-order valence-electron chi connectivity index (χ2n) is 4.24. The highest BCUT2D eigenvalue weighted by Crippen LogP contribution is 2.34. The lowest BCUT2D eigenvalue weighted by Crippen LogP contribution is -2.49. The van der Waals surface area contributed by atoms with Gasteiger partial charge in [-0.15, -0.1) is 0 Å². The van der Waals surface area contributed by atoms with Crippen LogP contribution in [0.3, 0.4) is 0 Å². The summed E-state index contributed by atoms with van der Waals surface area (Å²) < 4.78 is 10.7. The average molecular weight is 188 g/mol. The Morgan fingerprint density at radius 3 is 2.77 bits per heavy atom. The van der Waals surface area contributed by atoms with E-state index >= 15 is 0 Å². The standard InChI is InChI=1S/C10H20O3/c1-4-9(2)7-10(11,8-12-3)5-6-13-9/h11H,4-8H2,1-3H3. The van der Waals surface area contributed by atoms with Crippen LogP contribution >= 0.6 is 0 Å². The molecule has 78 valence electrons. The van der Waals surface area contributed by atoms with Gasteiger partial charge in [-0.2, -0.15) is 0 Å². The van der Waals surface area contributed by atoms with Gasteiger partial charge < -0.3 is 14.6 Å². The second-order valence-corrected chi connectivity index (χ2v) is 4.24. The van der Waals surface area contributed by atoms with Crippen LogP contribution in [0.1, 0.15) is 33.1 Å². The molecule has 1 rings (SSSR count). The first kappa shape index (κ1) is 11.0. The summed E-state index contributed by atoms with van der Waals surface area (Å²) in [5, 5.41) is 10.1. The van der Waals surface area contributed by atoms with E-state index in [1.165, 1.54) is 0 Å². The van der Waals surface area contributed by atoms with Crippen molar-refractivity contribution >= 4 is 0 Å². The zero-order valence-electron chi connectivity index (χ0n) is 8.80. The maximum Gasteiger partial charge on any atom is 0.0929 e. The Morgan fingerprint density at radius 1 is 1.54 bits per heavy atom. The molecule has 0 aromatic carbocycles. The van der Waals surface area contributed by atoms with Crippen LogP contribution in [0.2, 0.25) is 0 Å². The molecule has 0 aromatic heterocycles. The molecule has 0 spiro atoms. The van der Waals surface area contributed by atoms with Crippen molar-refractivity contribution in [2.24, 2.45) is 0 Å². The van der Waals surface area contributed by atoms with Crippen LogP contribution in [0.5, 0.6) is 0 Å². The summed E-state index contributed by atoms with van der Waals surface area (Å²) in [5.41, 5.74) is -0.858. The zero-order chi connectivity index (χ0) is 9.95. The van der Waals surface area contributed by atoms with Crippen LogP contribution in [0.4, 0.5) is 0 Å². The van der Waals surface area contributed by atoms with Gasteiger partial charge in [0.25, 0.3) is 0 Å². The molecular formula is C10H20O3. The Hall–Kier alpha value is -0.120. The third kappa shape index (κ3) is 2.66. The molecular weight excluding hydrogens is 168 g/mol. The Labute approximate surface area is 80.0 Å². The van der Waals surface area contributed by atoms with Crippen LogP contribution in [-0.4, -0.2) is 36.6 Å². The largest absolute Gasteiger partial charge is 0.387 e. The zero-order valence-corrected chi connectivity index (χ0v) is 8.80. The van der Waals surface area contributed by atoms with Gasteiger partial charge in [0, 0.05) is 20.0 Å². The molecule has 0 radical (unpaired) electrons. The number of rotatable bonds is 3. The first-order valence-corrected chi connectivity index (χ1v) is 4.89. The number of hydrogen-bond donors (Lipinski definition) is 1. The lowest BCUT2D eigenvalue weighted by atomic mass is 9.82. The Kier molecular flexibility index (Phi) is 3.33. The number of methoxy groups -OCH3 is 1. The quantitative estimate of drug-likeness (QED) is 0.726. The Bertz CT molecular complexity index is 168. The third-order valence-electron chi connectivity index (χ3n) is 2.88. The summed E-state index contributed by atoms with van der Waals surface area (Å²) in [6, 6.07) is 0. The SMILES string of the molecule is CCC1(C)CC(O)(COC)CCO1. The van der Waals surface area contributed by atoms with E-state index in [4.69, 9.17) is 9.47 Å². The second kappa shape index (κ2) is 3.95. The minimum atomic E-state index is -0.683. The predicted molar refractivity (Wildman–Crippen MR) is 50.7 cm³/mol. The summed E-state index contributed by atoms with van der Waals surface area (Å²) in [5.74, 6) is 0. The van der Waals surface area contributed by atoms with Crippen molar-refractivity contribution in [2.75, 3.05) is 20.3 Å². The lowest BCUT2D eigenvalue weighted by molar-refractivity contribution is -0.170. The molecule has 1 saturated heterocycles. The highest BCUT2D eigenvalue weighted by Gasteiger charge is 2.40. The van der Waals surface area contributed by atoms with Crippen LogP contribution in [0.15, 0.2) is 0 Å². The lowest BCUT2D eigenvalue weighted by Gasteiger charge is -2.42. The van der Waals surface area contributed by atoms with Crippen molar-refractivity contribution in [3.63, 3.8) is 0 Å². The van der Waals surface area contributed by atoms with E-state index in [-0.39, 0.29) is 5.60 Å². The summed E-state index contributed by atoms with van der Waals surface area (Å²) in [4.78, 5) is 0. The highest BCUT2D eigenvalue weighted by atomic mass is 16.5. The molecule has 0 amide bonds.